The van der Waals surface area contributed by atoms with Crippen molar-refractivity contribution in [2.24, 2.45) is 4.99 Å². The van der Waals surface area contributed by atoms with Crippen LogP contribution in [0, 0.1) is 0 Å². The second kappa shape index (κ2) is 8.19. The molecule has 1 saturated carbocycles. The average Bonchev–Trinajstić information content (AvgIpc) is 2.51. The van der Waals surface area contributed by atoms with Crippen LogP contribution in [0.3, 0.4) is 0 Å². The van der Waals surface area contributed by atoms with Crippen LogP contribution in [0.25, 0.3) is 0 Å². The van der Waals surface area contributed by atoms with Crippen LogP contribution in [0.15, 0.2) is 29.3 Å². The maximum atomic E-state index is 10.2. The van der Waals surface area contributed by atoms with Crippen LogP contribution in [-0.4, -0.2) is 36.4 Å². The van der Waals surface area contributed by atoms with Crippen molar-refractivity contribution in [1.82, 2.24) is 10.6 Å². The van der Waals surface area contributed by atoms with Gasteiger partial charge in [-0.05, 0) is 32.3 Å². The highest BCUT2D eigenvalue weighted by atomic mass is 127. The number of nitrogens with one attached hydrogen (secondary N) is 2. The van der Waals surface area contributed by atoms with Crippen molar-refractivity contribution in [2.75, 3.05) is 19.7 Å². The van der Waals surface area contributed by atoms with Crippen molar-refractivity contribution in [2.45, 2.75) is 44.2 Å². The zero-order valence-electron chi connectivity index (χ0n) is 13.5. The van der Waals surface area contributed by atoms with Gasteiger partial charge in [0.1, 0.15) is 5.75 Å². The first-order valence-corrected chi connectivity index (χ1v) is 8.19. The fourth-order valence-electron chi connectivity index (χ4n) is 2.95. The molecule has 1 aromatic carbocycles. The highest BCUT2D eigenvalue weighted by Gasteiger charge is 2.34. The molecule has 1 aromatic rings. The number of aliphatic imine (C=N–C) groups is 1. The summed E-state index contributed by atoms with van der Waals surface area (Å²) in [6.45, 7) is 4.02. The smallest absolute Gasteiger partial charge is 0.191 e. The molecule has 6 heteroatoms. The van der Waals surface area contributed by atoms with Gasteiger partial charge in [-0.1, -0.05) is 18.2 Å². The molecule has 3 N–H and O–H groups in total. The number of hydrogen-bond acceptors (Lipinski definition) is 3. The number of ether oxygens (including phenoxy) is 1. The van der Waals surface area contributed by atoms with E-state index in [1.807, 2.05) is 25.1 Å². The van der Waals surface area contributed by atoms with Crippen LogP contribution < -0.4 is 15.4 Å². The zero-order valence-corrected chi connectivity index (χ0v) is 15.9. The SMILES string of the molecule is CCNC(=NCC1(O)CCC1)NC1CCOc2ccccc21.I. The minimum atomic E-state index is -0.587. The molecule has 1 fully saturated rings. The molecule has 128 valence electrons. The molecule has 0 saturated heterocycles. The Morgan fingerprint density at radius 1 is 1.39 bits per heavy atom. The van der Waals surface area contributed by atoms with Gasteiger partial charge < -0.3 is 20.5 Å². The van der Waals surface area contributed by atoms with Crippen molar-refractivity contribution >= 4 is 29.9 Å². The summed E-state index contributed by atoms with van der Waals surface area (Å²) in [5.41, 5.74) is 0.581. The lowest BCUT2D eigenvalue weighted by Gasteiger charge is -2.35. The first-order chi connectivity index (χ1) is 10.7. The lowest BCUT2D eigenvalue weighted by Crippen LogP contribution is -2.44. The van der Waals surface area contributed by atoms with Gasteiger partial charge in [-0.25, -0.2) is 0 Å². The Hall–Kier alpha value is -1.02. The van der Waals surface area contributed by atoms with E-state index in [-0.39, 0.29) is 30.0 Å². The van der Waals surface area contributed by atoms with Gasteiger partial charge in [0.05, 0.1) is 24.8 Å². The molecule has 1 atom stereocenters. The predicted octanol–water partition coefficient (Wildman–Crippen LogP) is 2.60. The van der Waals surface area contributed by atoms with Crippen molar-refractivity contribution < 1.29 is 9.84 Å². The number of hydrogen-bond donors (Lipinski definition) is 3. The van der Waals surface area contributed by atoms with Crippen molar-refractivity contribution in [1.29, 1.82) is 0 Å². The number of fused-ring (bicyclic) bond motifs is 1. The largest absolute Gasteiger partial charge is 0.493 e. The van der Waals surface area contributed by atoms with E-state index in [0.29, 0.717) is 13.2 Å². The molecule has 1 heterocycles. The zero-order chi connectivity index (χ0) is 15.4. The number of guanidine groups is 1. The van der Waals surface area contributed by atoms with Crippen LogP contribution in [-0.2, 0) is 0 Å². The van der Waals surface area contributed by atoms with Crippen molar-refractivity contribution in [3.05, 3.63) is 29.8 Å². The number of nitrogens with zero attached hydrogens (tertiary/aromatic N) is 1. The Morgan fingerprint density at radius 2 is 2.17 bits per heavy atom. The van der Waals surface area contributed by atoms with Gasteiger partial charge in [0.15, 0.2) is 5.96 Å². The summed E-state index contributed by atoms with van der Waals surface area (Å²) in [6.07, 6.45) is 3.72. The quantitative estimate of drug-likeness (QED) is 0.390. The minimum absolute atomic E-state index is 0. The standard InChI is InChI=1S/C17H25N3O2.HI/c1-2-18-16(19-12-17(21)9-5-10-17)20-14-8-11-22-15-7-4-3-6-13(14)15;/h3-4,6-7,14,21H,2,5,8-12H2,1H3,(H2,18,19,20);1H. The summed E-state index contributed by atoms with van der Waals surface area (Å²) < 4.78 is 5.70. The van der Waals surface area contributed by atoms with Crippen LogP contribution in [0.2, 0.25) is 0 Å². The lowest BCUT2D eigenvalue weighted by molar-refractivity contribution is -0.0236. The number of rotatable bonds is 4. The van der Waals surface area contributed by atoms with E-state index in [1.165, 1.54) is 5.56 Å². The van der Waals surface area contributed by atoms with Gasteiger partial charge in [-0.3, -0.25) is 4.99 Å². The molecule has 23 heavy (non-hydrogen) atoms. The molecule has 0 amide bonds. The second-order valence-electron chi connectivity index (χ2n) is 6.14. The summed E-state index contributed by atoms with van der Waals surface area (Å²) in [5.74, 6) is 1.71. The summed E-state index contributed by atoms with van der Waals surface area (Å²) in [7, 11) is 0. The molecule has 1 unspecified atom stereocenters. The van der Waals surface area contributed by atoms with E-state index < -0.39 is 5.60 Å². The van der Waals surface area contributed by atoms with E-state index in [2.05, 4.69) is 21.7 Å². The highest BCUT2D eigenvalue weighted by Crippen LogP contribution is 2.32. The number of aliphatic hydroxyl groups is 1. The van der Waals surface area contributed by atoms with E-state index in [1.54, 1.807) is 0 Å². The van der Waals surface area contributed by atoms with Crippen LogP contribution >= 0.6 is 24.0 Å². The summed E-state index contributed by atoms with van der Waals surface area (Å²) in [5, 5.41) is 17.0. The molecule has 2 aliphatic rings. The third-order valence-corrected chi connectivity index (χ3v) is 4.43. The van der Waals surface area contributed by atoms with E-state index in [0.717, 1.165) is 43.9 Å². The monoisotopic (exact) mass is 431 g/mol. The third kappa shape index (κ3) is 4.50. The highest BCUT2D eigenvalue weighted by molar-refractivity contribution is 14.0. The Morgan fingerprint density at radius 3 is 2.87 bits per heavy atom. The van der Waals surface area contributed by atoms with Crippen molar-refractivity contribution in [3.8, 4) is 5.75 Å². The minimum Gasteiger partial charge on any atom is -0.493 e. The molecule has 1 aliphatic carbocycles. The fraction of sp³-hybridized carbons (Fsp3) is 0.588. The van der Waals surface area contributed by atoms with Crippen LogP contribution in [0.4, 0.5) is 0 Å². The van der Waals surface area contributed by atoms with Gasteiger partial charge >= 0.3 is 0 Å². The van der Waals surface area contributed by atoms with Crippen molar-refractivity contribution in [3.63, 3.8) is 0 Å². The van der Waals surface area contributed by atoms with Crippen LogP contribution in [0.1, 0.15) is 44.2 Å². The normalized spacial score (nSPS) is 22.0. The van der Waals surface area contributed by atoms with E-state index in [4.69, 9.17) is 4.74 Å². The molecule has 5 nitrogen and oxygen atoms in total. The summed E-state index contributed by atoms with van der Waals surface area (Å²) >= 11 is 0. The Labute approximate surface area is 154 Å². The van der Waals surface area contributed by atoms with Gasteiger partial charge in [0, 0.05) is 18.5 Å². The summed E-state index contributed by atoms with van der Waals surface area (Å²) in [4.78, 5) is 4.58. The fourth-order valence-corrected chi connectivity index (χ4v) is 2.95. The Balaban J connectivity index is 0.00000192. The molecule has 0 radical (unpaired) electrons. The second-order valence-corrected chi connectivity index (χ2v) is 6.14. The molecule has 0 aromatic heterocycles. The topological polar surface area (TPSA) is 65.9 Å². The molecule has 0 bridgehead atoms. The number of halogens is 1. The van der Waals surface area contributed by atoms with Gasteiger partial charge in [0.25, 0.3) is 0 Å². The maximum absolute atomic E-state index is 10.2. The number of benzene rings is 1. The van der Waals surface area contributed by atoms with E-state index in [9.17, 15) is 5.11 Å². The first kappa shape index (κ1) is 18.3. The number of para-hydroxylation sites is 1. The van der Waals surface area contributed by atoms with Gasteiger partial charge in [0.2, 0.25) is 0 Å². The molecule has 0 spiro atoms. The average molecular weight is 431 g/mol. The maximum Gasteiger partial charge on any atom is 0.191 e. The molecule has 3 rings (SSSR count). The molecular formula is C17H26IN3O2. The Kier molecular flexibility index (Phi) is 6.52. The lowest BCUT2D eigenvalue weighted by atomic mass is 9.80. The predicted molar refractivity (Wildman–Crippen MR) is 103 cm³/mol. The third-order valence-electron chi connectivity index (χ3n) is 4.43. The Bertz CT molecular complexity index is 546. The van der Waals surface area contributed by atoms with E-state index >= 15 is 0 Å². The summed E-state index contributed by atoms with van der Waals surface area (Å²) in [6, 6.07) is 8.31. The van der Waals surface area contributed by atoms with Gasteiger partial charge in [-0.2, -0.15) is 0 Å². The van der Waals surface area contributed by atoms with Crippen LogP contribution in [0.5, 0.6) is 5.75 Å². The first-order valence-electron chi connectivity index (χ1n) is 8.19. The molecule has 1 aliphatic heterocycles. The molecular weight excluding hydrogens is 405 g/mol. The van der Waals surface area contributed by atoms with Gasteiger partial charge in [-0.15, -0.1) is 24.0 Å².